The van der Waals surface area contributed by atoms with Crippen LogP contribution >= 0.6 is 0 Å². The normalized spacial score (nSPS) is 27.2. The van der Waals surface area contributed by atoms with Gasteiger partial charge >= 0.3 is 5.69 Å². The summed E-state index contributed by atoms with van der Waals surface area (Å²) < 4.78 is 0. The third-order valence-corrected chi connectivity index (χ3v) is 3.44. The monoisotopic (exact) mass is 235 g/mol. The van der Waals surface area contributed by atoms with Crippen molar-refractivity contribution in [3.63, 3.8) is 0 Å². The van der Waals surface area contributed by atoms with Crippen LogP contribution in [-0.4, -0.2) is 52.0 Å². The van der Waals surface area contributed by atoms with Crippen molar-refractivity contribution in [2.24, 2.45) is 0 Å². The molecule has 0 aliphatic carbocycles. The van der Waals surface area contributed by atoms with Crippen LogP contribution in [0.2, 0.25) is 0 Å². The Morgan fingerprint density at radius 2 is 2.06 bits per heavy atom. The summed E-state index contributed by atoms with van der Waals surface area (Å²) in [6.07, 6.45) is 3.69. The van der Waals surface area contributed by atoms with E-state index in [0.29, 0.717) is 12.0 Å². The predicted molar refractivity (Wildman–Crippen MR) is 60.9 cm³/mol. The van der Waals surface area contributed by atoms with Gasteiger partial charge in [0.25, 0.3) is 0 Å². The Morgan fingerprint density at radius 1 is 1.29 bits per heavy atom. The molecular formula is C10H13N5O2. The number of fused-ring (bicyclic) bond motifs is 2. The second-order valence-corrected chi connectivity index (χ2v) is 4.43. The number of anilines is 1. The first-order valence-corrected chi connectivity index (χ1v) is 5.69. The maximum absolute atomic E-state index is 10.5. The fourth-order valence-electron chi connectivity index (χ4n) is 2.52. The van der Waals surface area contributed by atoms with Crippen molar-refractivity contribution in [3.8, 4) is 0 Å². The third kappa shape index (κ3) is 1.82. The lowest BCUT2D eigenvalue weighted by atomic mass is 10.2. The van der Waals surface area contributed by atoms with E-state index >= 15 is 0 Å². The Labute approximate surface area is 98.2 Å². The van der Waals surface area contributed by atoms with Crippen molar-refractivity contribution in [2.75, 3.05) is 31.1 Å². The molecular weight excluding hydrogens is 222 g/mol. The van der Waals surface area contributed by atoms with E-state index in [2.05, 4.69) is 19.8 Å². The van der Waals surface area contributed by atoms with Crippen LogP contribution in [0.25, 0.3) is 0 Å². The molecule has 1 aromatic heterocycles. The van der Waals surface area contributed by atoms with Gasteiger partial charge in [0.15, 0.2) is 0 Å². The Bertz CT molecular complexity index is 435. The van der Waals surface area contributed by atoms with Crippen LogP contribution in [0.15, 0.2) is 12.4 Å². The average Bonchev–Trinajstić information content (AvgIpc) is 2.72. The van der Waals surface area contributed by atoms with Crippen molar-refractivity contribution in [2.45, 2.75) is 12.5 Å². The summed E-state index contributed by atoms with van der Waals surface area (Å²) >= 11 is 0. The van der Waals surface area contributed by atoms with E-state index in [1.807, 2.05) is 0 Å². The van der Waals surface area contributed by atoms with E-state index in [0.717, 1.165) is 32.6 Å². The summed E-state index contributed by atoms with van der Waals surface area (Å²) in [6, 6.07) is 0.463. The lowest BCUT2D eigenvalue weighted by molar-refractivity contribution is -0.385. The molecule has 1 aromatic rings. The largest absolute Gasteiger partial charge is 0.335 e. The van der Waals surface area contributed by atoms with Crippen LogP contribution in [0.4, 0.5) is 11.6 Å². The van der Waals surface area contributed by atoms with Crippen molar-refractivity contribution in [1.29, 1.82) is 0 Å². The van der Waals surface area contributed by atoms with Gasteiger partial charge in [0.1, 0.15) is 12.4 Å². The Kier molecular flexibility index (Phi) is 2.40. The first kappa shape index (κ1) is 10.4. The summed E-state index contributed by atoms with van der Waals surface area (Å²) in [5.41, 5.74) is -0.0567. The molecule has 3 rings (SSSR count). The minimum absolute atomic E-state index is 0.0567. The van der Waals surface area contributed by atoms with Crippen molar-refractivity contribution in [1.82, 2.24) is 14.9 Å². The quantitative estimate of drug-likeness (QED) is 0.541. The maximum Gasteiger partial charge on any atom is 0.305 e. The molecule has 17 heavy (non-hydrogen) atoms. The second kappa shape index (κ2) is 3.92. The zero-order chi connectivity index (χ0) is 11.8. The van der Waals surface area contributed by atoms with Crippen molar-refractivity contribution < 1.29 is 4.92 Å². The van der Waals surface area contributed by atoms with Crippen LogP contribution in [-0.2, 0) is 0 Å². The summed E-state index contributed by atoms with van der Waals surface area (Å²) in [4.78, 5) is 22.8. The Balaban J connectivity index is 1.81. The molecule has 3 heterocycles. The predicted octanol–water partition coefficient (Wildman–Crippen LogP) is 0.279. The highest BCUT2D eigenvalue weighted by Crippen LogP contribution is 2.24. The molecule has 7 nitrogen and oxygen atoms in total. The van der Waals surface area contributed by atoms with Crippen molar-refractivity contribution >= 4 is 11.6 Å². The van der Waals surface area contributed by atoms with E-state index in [-0.39, 0.29) is 5.69 Å². The third-order valence-electron chi connectivity index (χ3n) is 3.44. The summed E-state index contributed by atoms with van der Waals surface area (Å²) in [6.45, 7) is 4.12. The number of aromatic nitrogens is 2. The fraction of sp³-hybridized carbons (Fsp3) is 0.600. The van der Waals surface area contributed by atoms with Crippen LogP contribution in [0.3, 0.4) is 0 Å². The SMILES string of the molecule is O=[N+]([O-])c1cnc(N2CCN3CCC2C3)nc1. The van der Waals surface area contributed by atoms with Gasteiger partial charge in [0.2, 0.25) is 5.95 Å². The number of rotatable bonds is 2. The van der Waals surface area contributed by atoms with Crippen molar-refractivity contribution in [3.05, 3.63) is 22.5 Å². The van der Waals surface area contributed by atoms with E-state index in [4.69, 9.17) is 0 Å². The molecule has 0 spiro atoms. The van der Waals surface area contributed by atoms with E-state index in [9.17, 15) is 10.1 Å². The zero-order valence-corrected chi connectivity index (χ0v) is 9.32. The second-order valence-electron chi connectivity index (χ2n) is 4.43. The minimum Gasteiger partial charge on any atom is -0.335 e. The summed E-state index contributed by atoms with van der Waals surface area (Å²) in [5.74, 6) is 0.613. The number of hydrogen-bond acceptors (Lipinski definition) is 6. The zero-order valence-electron chi connectivity index (χ0n) is 9.32. The average molecular weight is 235 g/mol. The van der Waals surface area contributed by atoms with E-state index < -0.39 is 4.92 Å². The van der Waals surface area contributed by atoms with Gasteiger partial charge in [-0.1, -0.05) is 0 Å². The lowest BCUT2D eigenvalue weighted by Crippen LogP contribution is -2.47. The molecule has 90 valence electrons. The smallest absolute Gasteiger partial charge is 0.305 e. The maximum atomic E-state index is 10.5. The first-order chi connectivity index (χ1) is 8.24. The summed E-state index contributed by atoms with van der Waals surface area (Å²) in [5, 5.41) is 10.5. The number of piperazine rings is 1. The van der Waals surface area contributed by atoms with Gasteiger partial charge in [-0.25, -0.2) is 9.97 Å². The molecule has 7 heteroatoms. The minimum atomic E-state index is -0.475. The standard InChI is InChI=1S/C10H13N5O2/c16-15(17)9-5-11-10(12-6-9)14-4-3-13-2-1-8(14)7-13/h5-6,8H,1-4,7H2. The van der Waals surface area contributed by atoms with Gasteiger partial charge in [0.05, 0.1) is 4.92 Å². The number of nitrogens with zero attached hydrogens (tertiary/aromatic N) is 5. The van der Waals surface area contributed by atoms with Gasteiger partial charge < -0.3 is 4.90 Å². The Hall–Kier alpha value is -1.76. The molecule has 2 fully saturated rings. The highest BCUT2D eigenvalue weighted by atomic mass is 16.6. The molecule has 0 radical (unpaired) electrons. The number of nitro groups is 1. The lowest BCUT2D eigenvalue weighted by Gasteiger charge is -2.34. The fourth-order valence-corrected chi connectivity index (χ4v) is 2.52. The van der Waals surface area contributed by atoms with Crippen LogP contribution in [0, 0.1) is 10.1 Å². The van der Waals surface area contributed by atoms with Gasteiger partial charge in [-0.3, -0.25) is 15.0 Å². The molecule has 2 aliphatic heterocycles. The van der Waals surface area contributed by atoms with Crippen LogP contribution < -0.4 is 4.90 Å². The molecule has 2 atom stereocenters. The van der Waals surface area contributed by atoms with Gasteiger partial charge in [0, 0.05) is 32.2 Å². The van der Waals surface area contributed by atoms with Crippen LogP contribution in [0.5, 0.6) is 0 Å². The molecule has 0 N–H and O–H groups in total. The topological polar surface area (TPSA) is 75.4 Å². The molecule has 2 bridgehead atoms. The highest BCUT2D eigenvalue weighted by molar-refractivity contribution is 5.36. The molecule has 2 aliphatic rings. The summed E-state index contributed by atoms with van der Waals surface area (Å²) in [7, 11) is 0. The number of hydrogen-bond donors (Lipinski definition) is 0. The molecule has 0 amide bonds. The molecule has 2 saturated heterocycles. The highest BCUT2D eigenvalue weighted by Gasteiger charge is 2.33. The van der Waals surface area contributed by atoms with Gasteiger partial charge in [-0.15, -0.1) is 0 Å². The van der Waals surface area contributed by atoms with E-state index in [1.165, 1.54) is 12.4 Å². The first-order valence-electron chi connectivity index (χ1n) is 5.69. The van der Waals surface area contributed by atoms with Gasteiger partial charge in [-0.2, -0.15) is 0 Å². The van der Waals surface area contributed by atoms with Crippen LogP contribution in [0.1, 0.15) is 6.42 Å². The van der Waals surface area contributed by atoms with Gasteiger partial charge in [-0.05, 0) is 6.42 Å². The molecule has 2 unspecified atom stereocenters. The molecule has 0 aromatic carbocycles. The molecule has 0 saturated carbocycles. The van der Waals surface area contributed by atoms with E-state index in [1.54, 1.807) is 0 Å². The Morgan fingerprint density at radius 3 is 2.76 bits per heavy atom.